The van der Waals surface area contributed by atoms with Crippen LogP contribution in [0, 0.1) is 5.92 Å². The van der Waals surface area contributed by atoms with Crippen LogP contribution >= 0.6 is 0 Å². The Morgan fingerprint density at radius 3 is 1.97 bits per heavy atom. The summed E-state index contributed by atoms with van der Waals surface area (Å²) >= 11 is 0. The largest absolute Gasteiger partial charge is 0.479 e. The van der Waals surface area contributed by atoms with Crippen molar-refractivity contribution in [2.45, 2.75) is 59.4 Å². The minimum Gasteiger partial charge on any atom is -0.479 e. The number of benzene rings is 3. The summed E-state index contributed by atoms with van der Waals surface area (Å²) in [7, 11) is 0. The number of hydrogen-bond donors (Lipinski definition) is 2. The van der Waals surface area contributed by atoms with Gasteiger partial charge in [0, 0.05) is 11.3 Å². The Labute approximate surface area is 228 Å². The van der Waals surface area contributed by atoms with Crippen LogP contribution in [0.25, 0.3) is 0 Å². The maximum atomic E-state index is 12.0. The van der Waals surface area contributed by atoms with Crippen LogP contribution in [0.5, 0.6) is 0 Å². The van der Waals surface area contributed by atoms with Gasteiger partial charge in [-0.15, -0.1) is 0 Å². The number of hydrogen-bond acceptors (Lipinski definition) is 4. The molecule has 0 amide bonds. The molecular formula is C33H44N2O3. The van der Waals surface area contributed by atoms with Crippen molar-refractivity contribution in [2.75, 3.05) is 25.0 Å². The molecule has 0 spiro atoms. The maximum Gasteiger partial charge on any atom is 0.330 e. The van der Waals surface area contributed by atoms with Gasteiger partial charge in [-0.25, -0.2) is 4.79 Å². The highest BCUT2D eigenvalue weighted by molar-refractivity contribution is 5.97. The van der Waals surface area contributed by atoms with Gasteiger partial charge in [0.1, 0.15) is 0 Å². The Kier molecular flexibility index (Phi) is 13.9. The first-order chi connectivity index (χ1) is 18.5. The highest BCUT2D eigenvalue weighted by atomic mass is 16.4. The smallest absolute Gasteiger partial charge is 0.330 e. The monoisotopic (exact) mass is 516 g/mol. The molecule has 0 aromatic heterocycles. The lowest BCUT2D eigenvalue weighted by atomic mass is 9.94. The van der Waals surface area contributed by atoms with Crippen LogP contribution in [0.4, 0.5) is 5.69 Å². The predicted molar refractivity (Wildman–Crippen MR) is 158 cm³/mol. The first kappa shape index (κ1) is 30.8. The van der Waals surface area contributed by atoms with Gasteiger partial charge in [0.25, 0.3) is 0 Å². The summed E-state index contributed by atoms with van der Waals surface area (Å²) in [5.74, 6) is 0.246. The van der Waals surface area contributed by atoms with Crippen LogP contribution in [0.3, 0.4) is 0 Å². The highest BCUT2D eigenvalue weighted by Gasteiger charge is 2.21. The molecule has 204 valence electrons. The number of aryl methyl sites for hydroxylation is 1. The average Bonchev–Trinajstić information content (AvgIpc) is 2.98. The van der Waals surface area contributed by atoms with Crippen LogP contribution in [0.2, 0.25) is 0 Å². The van der Waals surface area contributed by atoms with Gasteiger partial charge in [-0.1, -0.05) is 113 Å². The van der Waals surface area contributed by atoms with Gasteiger partial charge in [-0.3, -0.25) is 9.69 Å². The van der Waals surface area contributed by atoms with Crippen LogP contribution in [0.15, 0.2) is 84.9 Å². The van der Waals surface area contributed by atoms with E-state index in [1.54, 1.807) is 0 Å². The zero-order valence-electron chi connectivity index (χ0n) is 23.4. The molecule has 1 atom stereocenters. The van der Waals surface area contributed by atoms with Crippen LogP contribution < -0.4 is 5.32 Å². The number of carbonyl (C=O) groups excluding carboxylic acids is 1. The number of aliphatic carboxylic acids is 1. The van der Waals surface area contributed by atoms with Crippen LogP contribution in [0.1, 0.15) is 74.5 Å². The molecule has 38 heavy (non-hydrogen) atoms. The van der Waals surface area contributed by atoms with Crippen LogP contribution in [-0.2, 0) is 11.2 Å². The lowest BCUT2D eigenvalue weighted by Crippen LogP contribution is -2.37. The van der Waals surface area contributed by atoms with Crippen molar-refractivity contribution in [1.82, 2.24) is 4.90 Å². The molecule has 3 aromatic rings. The summed E-state index contributed by atoms with van der Waals surface area (Å²) in [6.07, 6.45) is 4.64. The van der Waals surface area contributed by atoms with Crippen molar-refractivity contribution in [3.63, 3.8) is 0 Å². The molecule has 1 aliphatic rings. The fraction of sp³-hybridized carbons (Fsp3) is 0.394. The fourth-order valence-electron chi connectivity index (χ4n) is 4.53. The topological polar surface area (TPSA) is 69.6 Å². The van der Waals surface area contributed by atoms with E-state index < -0.39 is 12.0 Å². The summed E-state index contributed by atoms with van der Waals surface area (Å²) in [5.41, 5.74) is 3.58. The Morgan fingerprint density at radius 1 is 0.868 bits per heavy atom. The number of carboxylic acid groups (broad SMARTS) is 1. The summed E-state index contributed by atoms with van der Waals surface area (Å²) in [6, 6.07) is 25.9. The molecule has 4 rings (SSSR count). The van der Waals surface area contributed by atoms with Gasteiger partial charge in [-0.2, -0.15) is 0 Å². The minimum absolute atomic E-state index is 0.251. The third-order valence-electron chi connectivity index (χ3n) is 6.83. The van der Waals surface area contributed by atoms with Crippen molar-refractivity contribution >= 4 is 17.4 Å². The summed E-state index contributed by atoms with van der Waals surface area (Å²) in [4.78, 5) is 25.8. The molecular weight excluding hydrogens is 472 g/mol. The molecule has 0 aliphatic carbocycles. The van der Waals surface area contributed by atoms with E-state index in [1.165, 1.54) is 19.3 Å². The molecule has 0 radical (unpaired) electrons. The second-order valence-electron chi connectivity index (χ2n) is 9.25. The normalized spacial score (nSPS) is 14.2. The van der Waals surface area contributed by atoms with E-state index in [1.807, 2.05) is 98.8 Å². The van der Waals surface area contributed by atoms with E-state index in [0.29, 0.717) is 6.54 Å². The standard InChI is InChI=1S/C16H17NO2.C15H21NO.C2H6/c1-2-12-8-6-7-11-14(12)17-15(16(18)19)13-9-4-3-5-10-13;1-2-13-8-10-16(11-9-13)12-15(17)14-6-4-3-5-7-14;1-2/h3-11,15,17H,2H2,1H3,(H,18,19);3-7,13H,2,8-12H2,1H3;1-2H3. The zero-order valence-corrected chi connectivity index (χ0v) is 23.4. The third-order valence-corrected chi connectivity index (χ3v) is 6.83. The summed E-state index contributed by atoms with van der Waals surface area (Å²) < 4.78 is 0. The lowest BCUT2D eigenvalue weighted by Gasteiger charge is -2.30. The number of rotatable bonds is 9. The molecule has 1 unspecified atom stereocenters. The number of piperidine rings is 1. The lowest BCUT2D eigenvalue weighted by molar-refractivity contribution is -0.138. The van der Waals surface area contributed by atoms with E-state index in [2.05, 4.69) is 24.1 Å². The quantitative estimate of drug-likeness (QED) is 0.288. The maximum absolute atomic E-state index is 12.0. The van der Waals surface area contributed by atoms with Gasteiger partial charge < -0.3 is 10.4 Å². The van der Waals surface area contributed by atoms with Gasteiger partial charge in [0.05, 0.1) is 6.54 Å². The summed E-state index contributed by atoms with van der Waals surface area (Å²) in [6.45, 7) is 11.1. The van der Waals surface area contributed by atoms with Gasteiger partial charge in [-0.05, 0) is 55.5 Å². The number of likely N-dealkylation sites (tertiary alicyclic amines) is 1. The van der Waals surface area contributed by atoms with Gasteiger partial charge >= 0.3 is 5.97 Å². The fourth-order valence-corrected chi connectivity index (χ4v) is 4.53. The van der Waals surface area contributed by atoms with E-state index >= 15 is 0 Å². The number of Topliss-reactive ketones (excluding diaryl/α,β-unsaturated/α-hetero) is 1. The number of ketones is 1. The molecule has 1 heterocycles. The van der Waals surface area contributed by atoms with E-state index in [4.69, 9.17) is 0 Å². The molecule has 1 aliphatic heterocycles. The van der Waals surface area contributed by atoms with Crippen molar-refractivity contribution in [1.29, 1.82) is 0 Å². The first-order valence-electron chi connectivity index (χ1n) is 13.9. The predicted octanol–water partition coefficient (Wildman–Crippen LogP) is 7.50. The number of para-hydroxylation sites is 1. The van der Waals surface area contributed by atoms with Crippen molar-refractivity contribution in [3.8, 4) is 0 Å². The molecule has 0 bridgehead atoms. The van der Waals surface area contributed by atoms with E-state index in [9.17, 15) is 14.7 Å². The molecule has 0 saturated carbocycles. The van der Waals surface area contributed by atoms with Crippen molar-refractivity contribution in [3.05, 3.63) is 102 Å². The molecule has 2 N–H and O–H groups in total. The second kappa shape index (κ2) is 17.1. The first-order valence-corrected chi connectivity index (χ1v) is 13.9. The highest BCUT2D eigenvalue weighted by Crippen LogP contribution is 2.23. The van der Waals surface area contributed by atoms with Gasteiger partial charge in [0.15, 0.2) is 11.8 Å². The van der Waals surface area contributed by atoms with Gasteiger partial charge in [0.2, 0.25) is 0 Å². The Morgan fingerprint density at radius 2 is 1.42 bits per heavy atom. The zero-order chi connectivity index (χ0) is 27.8. The molecule has 5 nitrogen and oxygen atoms in total. The van der Waals surface area contributed by atoms with E-state index in [-0.39, 0.29) is 5.78 Å². The Hall–Kier alpha value is -3.44. The number of nitrogens with one attached hydrogen (secondary N) is 1. The minimum atomic E-state index is -0.878. The third kappa shape index (κ3) is 9.79. The summed E-state index contributed by atoms with van der Waals surface area (Å²) in [5, 5.41) is 12.5. The number of nitrogens with zero attached hydrogens (tertiary/aromatic N) is 1. The molecule has 5 heteroatoms. The van der Waals surface area contributed by atoms with E-state index in [0.717, 1.165) is 47.8 Å². The number of carboxylic acids is 1. The Bertz CT molecular complexity index is 1080. The Balaban J connectivity index is 0.000000252. The number of anilines is 1. The SMILES string of the molecule is CC.CCC1CCN(CC(=O)c2ccccc2)CC1.CCc1ccccc1NC(C(=O)O)c1ccccc1. The molecule has 3 aromatic carbocycles. The van der Waals surface area contributed by atoms with Crippen molar-refractivity contribution < 1.29 is 14.7 Å². The second-order valence-corrected chi connectivity index (χ2v) is 9.25. The average molecular weight is 517 g/mol. The molecule has 1 saturated heterocycles. The van der Waals surface area contributed by atoms with Crippen LogP contribution in [-0.4, -0.2) is 41.4 Å². The molecule has 1 fully saturated rings. The number of carbonyl (C=O) groups is 2. The van der Waals surface area contributed by atoms with Crippen molar-refractivity contribution in [2.24, 2.45) is 5.92 Å².